The maximum Gasteiger partial charge on any atom is 0.216 e. The van der Waals surface area contributed by atoms with Crippen LogP contribution in [0.1, 0.15) is 6.42 Å². The van der Waals surface area contributed by atoms with Crippen molar-refractivity contribution in [1.29, 1.82) is 0 Å². The molecule has 1 unspecified atom stereocenters. The molecule has 0 heterocycles. The molecular weight excluding hydrogens is 198 g/mol. The smallest absolute Gasteiger partial charge is 0.216 e. The molecule has 0 aromatic rings. The lowest BCUT2D eigenvalue weighted by atomic mass is 10.3. The predicted octanol–water partition coefficient (Wildman–Crippen LogP) is 1.75. The summed E-state index contributed by atoms with van der Waals surface area (Å²) in [6.07, 6.45) is -0.634. The number of methoxy groups -OCH3 is 1. The van der Waals surface area contributed by atoms with Crippen molar-refractivity contribution in [3.63, 3.8) is 0 Å². The van der Waals surface area contributed by atoms with E-state index in [0.29, 0.717) is 13.0 Å². The maximum absolute atomic E-state index is 9.04. The van der Waals surface area contributed by atoms with Crippen LogP contribution in [-0.2, 0) is 4.74 Å². The van der Waals surface area contributed by atoms with Gasteiger partial charge < -0.3 is 9.84 Å². The Labute approximate surface area is 75.0 Å². The van der Waals surface area contributed by atoms with Crippen LogP contribution < -0.4 is 0 Å². The fraction of sp³-hybridized carbons (Fsp3) is 1.00. The number of hydrogen-bond acceptors (Lipinski definition) is 2. The molecule has 0 aliphatic carbocycles. The third kappa shape index (κ3) is 4.58. The molecule has 62 valence electrons. The first kappa shape index (κ1) is 10.8. The van der Waals surface area contributed by atoms with Crippen LogP contribution in [0.2, 0.25) is 0 Å². The molecule has 0 aromatic carbocycles. The molecule has 0 spiro atoms. The van der Waals surface area contributed by atoms with E-state index in [0.717, 1.165) is 0 Å². The van der Waals surface area contributed by atoms with Gasteiger partial charge in [-0.15, -0.1) is 0 Å². The van der Waals surface area contributed by atoms with Crippen molar-refractivity contribution in [2.75, 3.05) is 13.7 Å². The Morgan fingerprint density at radius 3 is 2.30 bits per heavy atom. The van der Waals surface area contributed by atoms with Gasteiger partial charge in [-0.2, -0.15) is 0 Å². The fourth-order valence-corrected chi connectivity index (χ4v) is 0.720. The van der Waals surface area contributed by atoms with Gasteiger partial charge in [-0.3, -0.25) is 0 Å². The predicted molar refractivity (Wildman–Crippen MR) is 42.8 cm³/mol. The summed E-state index contributed by atoms with van der Waals surface area (Å²) >= 11 is 16.0. The second-order valence-corrected chi connectivity index (χ2v) is 4.21. The molecule has 0 aromatic heterocycles. The Kier molecular flexibility index (Phi) is 4.99. The normalized spacial score (nSPS) is 15.3. The molecule has 2 nitrogen and oxygen atoms in total. The molecule has 0 saturated heterocycles. The monoisotopic (exact) mass is 206 g/mol. The van der Waals surface area contributed by atoms with Gasteiger partial charge in [-0.25, -0.2) is 0 Å². The lowest BCUT2D eigenvalue weighted by Crippen LogP contribution is -2.26. The number of alkyl halides is 3. The zero-order valence-electron chi connectivity index (χ0n) is 5.48. The summed E-state index contributed by atoms with van der Waals surface area (Å²) in [5.41, 5.74) is 0. The van der Waals surface area contributed by atoms with Gasteiger partial charge in [-0.05, 0) is 0 Å². The molecular formula is C5H9Cl3O2. The molecule has 1 atom stereocenters. The van der Waals surface area contributed by atoms with E-state index in [1.54, 1.807) is 0 Å². The van der Waals surface area contributed by atoms with Crippen LogP contribution >= 0.6 is 34.8 Å². The van der Waals surface area contributed by atoms with Crippen LogP contribution in [-0.4, -0.2) is 28.7 Å². The van der Waals surface area contributed by atoms with Crippen LogP contribution in [0.3, 0.4) is 0 Å². The van der Waals surface area contributed by atoms with Gasteiger partial charge in [0.2, 0.25) is 3.79 Å². The number of aliphatic hydroxyl groups is 1. The minimum absolute atomic E-state index is 0.326. The number of aliphatic hydroxyl groups excluding tert-OH is 1. The van der Waals surface area contributed by atoms with Crippen LogP contribution in [0.15, 0.2) is 0 Å². The van der Waals surface area contributed by atoms with E-state index in [-0.39, 0.29) is 0 Å². The molecule has 0 radical (unpaired) electrons. The Hall–Kier alpha value is 0.790. The average Bonchev–Trinajstić information content (AvgIpc) is 1.80. The molecule has 0 bridgehead atoms. The highest BCUT2D eigenvalue weighted by atomic mass is 35.6. The second-order valence-electron chi connectivity index (χ2n) is 1.84. The highest BCUT2D eigenvalue weighted by Crippen LogP contribution is 2.31. The van der Waals surface area contributed by atoms with Crippen molar-refractivity contribution >= 4 is 34.8 Å². The zero-order valence-corrected chi connectivity index (χ0v) is 7.75. The zero-order chi connectivity index (χ0) is 8.20. The second kappa shape index (κ2) is 4.62. The van der Waals surface area contributed by atoms with E-state index in [1.165, 1.54) is 7.11 Å². The van der Waals surface area contributed by atoms with Crippen molar-refractivity contribution < 1.29 is 9.84 Å². The molecule has 1 N–H and O–H groups in total. The molecule has 0 aliphatic heterocycles. The quantitative estimate of drug-likeness (QED) is 0.715. The largest absolute Gasteiger partial charge is 0.389 e. The van der Waals surface area contributed by atoms with Gasteiger partial charge in [0, 0.05) is 20.1 Å². The van der Waals surface area contributed by atoms with E-state index >= 15 is 0 Å². The summed E-state index contributed by atoms with van der Waals surface area (Å²) in [5, 5.41) is 9.04. The molecule has 0 aliphatic rings. The van der Waals surface area contributed by atoms with Crippen LogP contribution in [0.4, 0.5) is 0 Å². The molecule has 0 saturated carbocycles. The first-order valence-electron chi connectivity index (χ1n) is 2.72. The van der Waals surface area contributed by atoms with E-state index in [2.05, 4.69) is 4.74 Å². The van der Waals surface area contributed by atoms with Gasteiger partial charge in [-0.1, -0.05) is 34.8 Å². The number of halogens is 3. The van der Waals surface area contributed by atoms with Crippen molar-refractivity contribution in [3.8, 4) is 0 Å². The minimum Gasteiger partial charge on any atom is -0.389 e. The lowest BCUT2D eigenvalue weighted by molar-refractivity contribution is 0.112. The summed E-state index contributed by atoms with van der Waals surface area (Å²) in [7, 11) is 1.52. The summed E-state index contributed by atoms with van der Waals surface area (Å²) in [4.78, 5) is 0. The topological polar surface area (TPSA) is 29.5 Å². The van der Waals surface area contributed by atoms with Gasteiger partial charge in [0.1, 0.15) is 6.10 Å². The van der Waals surface area contributed by atoms with E-state index in [9.17, 15) is 0 Å². The first-order valence-corrected chi connectivity index (χ1v) is 3.85. The molecule has 0 fully saturated rings. The Bertz CT molecular complexity index is 91.4. The summed E-state index contributed by atoms with van der Waals surface area (Å²) in [6.45, 7) is 0.384. The van der Waals surface area contributed by atoms with Crippen molar-refractivity contribution in [2.45, 2.75) is 16.3 Å². The Balaban J connectivity index is 3.52. The number of hydrogen-bond donors (Lipinski definition) is 1. The van der Waals surface area contributed by atoms with Gasteiger partial charge in [0.25, 0.3) is 0 Å². The Morgan fingerprint density at radius 1 is 1.50 bits per heavy atom. The summed E-state index contributed by atoms with van der Waals surface area (Å²) in [5.74, 6) is 0. The molecule has 10 heavy (non-hydrogen) atoms. The lowest BCUT2D eigenvalue weighted by Gasteiger charge is -2.17. The van der Waals surface area contributed by atoms with Gasteiger partial charge in [0.05, 0.1) is 0 Å². The molecule has 0 rings (SSSR count). The van der Waals surface area contributed by atoms with Gasteiger partial charge >= 0.3 is 0 Å². The van der Waals surface area contributed by atoms with Crippen LogP contribution in [0.5, 0.6) is 0 Å². The van der Waals surface area contributed by atoms with E-state index < -0.39 is 9.90 Å². The SMILES string of the molecule is COCCC(O)C(Cl)(Cl)Cl. The summed E-state index contributed by atoms with van der Waals surface area (Å²) < 4.78 is 3.07. The van der Waals surface area contributed by atoms with Crippen LogP contribution in [0, 0.1) is 0 Å². The Morgan fingerprint density at radius 2 is 2.00 bits per heavy atom. The maximum atomic E-state index is 9.04. The van der Waals surface area contributed by atoms with Crippen molar-refractivity contribution in [3.05, 3.63) is 0 Å². The summed E-state index contributed by atoms with van der Waals surface area (Å²) in [6, 6.07) is 0. The van der Waals surface area contributed by atoms with E-state index in [4.69, 9.17) is 39.9 Å². The molecule has 5 heteroatoms. The highest BCUT2D eigenvalue weighted by molar-refractivity contribution is 6.68. The van der Waals surface area contributed by atoms with E-state index in [1.807, 2.05) is 0 Å². The van der Waals surface area contributed by atoms with Crippen LogP contribution in [0.25, 0.3) is 0 Å². The third-order valence-corrected chi connectivity index (χ3v) is 1.73. The minimum atomic E-state index is -1.60. The average molecular weight is 207 g/mol. The third-order valence-electron chi connectivity index (χ3n) is 0.973. The highest BCUT2D eigenvalue weighted by Gasteiger charge is 2.29. The van der Waals surface area contributed by atoms with Gasteiger partial charge in [0.15, 0.2) is 0 Å². The first-order chi connectivity index (χ1) is 4.48. The standard InChI is InChI=1S/C5H9Cl3O2/c1-10-3-2-4(9)5(6,7)8/h4,9H,2-3H2,1H3. The number of rotatable bonds is 3. The molecule has 0 amide bonds. The van der Waals surface area contributed by atoms with Crippen molar-refractivity contribution in [1.82, 2.24) is 0 Å². The number of ether oxygens (including phenoxy) is 1. The van der Waals surface area contributed by atoms with Crippen molar-refractivity contribution in [2.24, 2.45) is 0 Å². The fourth-order valence-electron chi connectivity index (χ4n) is 0.393.